The van der Waals surface area contributed by atoms with E-state index in [0.717, 1.165) is 11.6 Å². The van der Waals surface area contributed by atoms with Gasteiger partial charge in [0, 0.05) is 23.0 Å². The van der Waals surface area contributed by atoms with E-state index in [9.17, 15) is 23.5 Å². The molecule has 1 saturated heterocycles. The number of carbonyl (C=O) groups excluding carboxylic acids is 1. The first-order chi connectivity index (χ1) is 15.7. The fraction of sp³-hybridized carbons (Fsp3) is 0.333. The highest BCUT2D eigenvalue weighted by molar-refractivity contribution is 9.10. The molecule has 2 aromatic carbocycles. The van der Waals surface area contributed by atoms with Crippen molar-refractivity contribution in [2.45, 2.75) is 37.3 Å². The number of halogens is 3. The molecule has 33 heavy (non-hydrogen) atoms. The van der Waals surface area contributed by atoms with E-state index in [0.29, 0.717) is 30.3 Å². The molecule has 6 nitrogen and oxygen atoms in total. The van der Waals surface area contributed by atoms with Gasteiger partial charge in [-0.2, -0.15) is 8.78 Å². The third-order valence-corrected chi connectivity index (χ3v) is 5.93. The van der Waals surface area contributed by atoms with Crippen LogP contribution in [0.2, 0.25) is 0 Å². The number of aromatic carboxylic acids is 1. The second-order valence-electron chi connectivity index (χ2n) is 7.73. The van der Waals surface area contributed by atoms with E-state index in [2.05, 4.69) is 15.9 Å². The molecule has 0 spiro atoms. The average molecular weight is 524 g/mol. The van der Waals surface area contributed by atoms with E-state index in [1.54, 1.807) is 18.2 Å². The lowest BCUT2D eigenvalue weighted by Gasteiger charge is -2.33. The molecule has 1 amide bonds. The summed E-state index contributed by atoms with van der Waals surface area (Å²) >= 11 is 3.15. The first-order valence-corrected chi connectivity index (χ1v) is 11.2. The van der Waals surface area contributed by atoms with Crippen LogP contribution in [0.4, 0.5) is 13.6 Å². The highest BCUT2D eigenvalue weighted by atomic mass is 79.9. The van der Waals surface area contributed by atoms with Gasteiger partial charge in [-0.1, -0.05) is 52.3 Å². The summed E-state index contributed by atoms with van der Waals surface area (Å²) in [4.78, 5) is 24.7. The summed E-state index contributed by atoms with van der Waals surface area (Å²) in [6.45, 7) is 0.492. The van der Waals surface area contributed by atoms with Crippen LogP contribution >= 0.6 is 15.9 Å². The number of nitrogens with zero attached hydrogens (tertiary/aromatic N) is 1. The Labute approximate surface area is 198 Å². The maximum Gasteiger partial charge on any atom is 0.410 e. The number of ether oxygens (including phenoxy) is 1. The molecule has 0 radical (unpaired) electrons. The zero-order valence-electron chi connectivity index (χ0n) is 17.7. The van der Waals surface area contributed by atoms with Crippen LogP contribution in [-0.4, -0.2) is 52.5 Å². The summed E-state index contributed by atoms with van der Waals surface area (Å²) in [7, 11) is 0. The van der Waals surface area contributed by atoms with Gasteiger partial charge in [-0.05, 0) is 42.7 Å². The van der Waals surface area contributed by atoms with Crippen molar-refractivity contribution in [1.82, 2.24) is 4.90 Å². The standard InChI is InChI=1S/C24H24BrF2NO5/c25-19-5-1-4-18(15-19)24(26,27)21(29)11-10-20-12-14-33-23(32)28(20)13-2-3-16-6-8-17(9-7-16)22(30)31/h1,4-11,15,20-21,29H,2-3,12-14H2,(H,30,31)/b11-10+/t20-,21+/m0/s1. The molecule has 9 heteroatoms. The third-order valence-electron chi connectivity index (χ3n) is 5.44. The Bertz CT molecular complexity index is 1010. The maximum absolute atomic E-state index is 14.7. The number of benzene rings is 2. The lowest BCUT2D eigenvalue weighted by Crippen LogP contribution is -2.45. The number of aliphatic hydroxyl groups excluding tert-OH is 1. The van der Waals surface area contributed by atoms with Gasteiger partial charge in [0.25, 0.3) is 0 Å². The van der Waals surface area contributed by atoms with Crippen LogP contribution in [0.1, 0.15) is 34.3 Å². The molecular formula is C24H24BrF2NO5. The Hall–Kier alpha value is -2.78. The Balaban J connectivity index is 1.62. The monoisotopic (exact) mass is 523 g/mol. The van der Waals surface area contributed by atoms with Crippen LogP contribution in [0.3, 0.4) is 0 Å². The fourth-order valence-corrected chi connectivity index (χ4v) is 3.99. The lowest BCUT2D eigenvalue weighted by atomic mass is 10.0. The van der Waals surface area contributed by atoms with Crippen molar-refractivity contribution < 1.29 is 33.3 Å². The smallest absolute Gasteiger partial charge is 0.410 e. The van der Waals surface area contributed by atoms with E-state index in [1.165, 1.54) is 41.3 Å². The van der Waals surface area contributed by atoms with Gasteiger partial charge in [-0.3, -0.25) is 0 Å². The largest absolute Gasteiger partial charge is 0.478 e. The van der Waals surface area contributed by atoms with Crippen LogP contribution in [0.15, 0.2) is 65.2 Å². The molecule has 0 aliphatic carbocycles. The molecule has 0 unspecified atom stereocenters. The van der Waals surface area contributed by atoms with Gasteiger partial charge in [-0.15, -0.1) is 0 Å². The molecule has 0 bridgehead atoms. The van der Waals surface area contributed by atoms with Crippen LogP contribution in [0.25, 0.3) is 0 Å². The summed E-state index contributed by atoms with van der Waals surface area (Å²) in [5, 5.41) is 19.1. The number of hydrogen-bond donors (Lipinski definition) is 2. The van der Waals surface area contributed by atoms with Crippen molar-refractivity contribution in [3.63, 3.8) is 0 Å². The minimum atomic E-state index is -3.50. The normalized spacial score (nSPS) is 17.8. The number of aliphatic hydroxyl groups is 1. The predicted molar refractivity (Wildman–Crippen MR) is 121 cm³/mol. The van der Waals surface area contributed by atoms with Crippen LogP contribution in [0.5, 0.6) is 0 Å². The zero-order valence-corrected chi connectivity index (χ0v) is 19.3. The predicted octanol–water partition coefficient (Wildman–Crippen LogP) is 5.00. The molecule has 1 aliphatic heterocycles. The molecule has 0 aromatic heterocycles. The zero-order chi connectivity index (χ0) is 24.0. The SMILES string of the molecule is O=C(O)c1ccc(CCCN2C(=O)OCC[C@@H]2/C=C/[C@@H](O)C(F)(F)c2cccc(Br)c2)cc1. The highest BCUT2D eigenvalue weighted by Gasteiger charge is 2.39. The van der Waals surface area contributed by atoms with Crippen molar-refractivity contribution in [2.75, 3.05) is 13.2 Å². The molecule has 2 N–H and O–H groups in total. The number of carboxylic acids is 1. The summed E-state index contributed by atoms with van der Waals surface area (Å²) in [5.41, 5.74) is 0.797. The van der Waals surface area contributed by atoms with Crippen molar-refractivity contribution in [3.05, 3.63) is 81.8 Å². The molecular weight excluding hydrogens is 500 g/mol. The van der Waals surface area contributed by atoms with E-state index in [4.69, 9.17) is 9.84 Å². The molecule has 2 aromatic rings. The molecule has 1 heterocycles. The van der Waals surface area contributed by atoms with E-state index in [-0.39, 0.29) is 17.7 Å². The van der Waals surface area contributed by atoms with Gasteiger partial charge in [0.2, 0.25) is 0 Å². The number of carboxylic acid groups (broad SMARTS) is 1. The molecule has 1 fully saturated rings. The van der Waals surface area contributed by atoms with Crippen LogP contribution in [-0.2, 0) is 17.1 Å². The second kappa shape index (κ2) is 10.9. The molecule has 0 saturated carbocycles. The van der Waals surface area contributed by atoms with Gasteiger partial charge in [0.1, 0.15) is 6.10 Å². The summed E-state index contributed by atoms with van der Waals surface area (Å²) in [6, 6.07) is 11.6. The Kier molecular flexibility index (Phi) is 8.20. The van der Waals surface area contributed by atoms with E-state index >= 15 is 0 Å². The Morgan fingerprint density at radius 3 is 2.67 bits per heavy atom. The number of aryl methyl sites for hydroxylation is 1. The average Bonchev–Trinajstić information content (AvgIpc) is 2.79. The number of rotatable bonds is 9. The summed E-state index contributed by atoms with van der Waals surface area (Å²) < 4.78 is 34.9. The number of hydrogen-bond acceptors (Lipinski definition) is 4. The Morgan fingerprint density at radius 2 is 2.00 bits per heavy atom. The lowest BCUT2D eigenvalue weighted by molar-refractivity contribution is -0.0930. The number of amides is 1. The van der Waals surface area contributed by atoms with E-state index in [1.807, 2.05) is 0 Å². The second-order valence-corrected chi connectivity index (χ2v) is 8.65. The Morgan fingerprint density at radius 1 is 1.27 bits per heavy atom. The third kappa shape index (κ3) is 6.39. The molecule has 3 rings (SSSR count). The van der Waals surface area contributed by atoms with Crippen molar-refractivity contribution in [3.8, 4) is 0 Å². The fourth-order valence-electron chi connectivity index (χ4n) is 3.59. The summed E-state index contributed by atoms with van der Waals surface area (Å²) in [5.74, 6) is -4.50. The van der Waals surface area contributed by atoms with Gasteiger partial charge in [0.15, 0.2) is 0 Å². The highest BCUT2D eigenvalue weighted by Crippen LogP contribution is 2.34. The van der Waals surface area contributed by atoms with Crippen LogP contribution < -0.4 is 0 Å². The number of carbonyl (C=O) groups is 2. The maximum atomic E-state index is 14.7. The first-order valence-electron chi connectivity index (χ1n) is 10.4. The van der Waals surface area contributed by atoms with Crippen molar-refractivity contribution >= 4 is 28.0 Å². The summed E-state index contributed by atoms with van der Waals surface area (Å²) in [6.07, 6.45) is 1.46. The van der Waals surface area contributed by atoms with Gasteiger partial charge in [-0.25, -0.2) is 9.59 Å². The van der Waals surface area contributed by atoms with Crippen molar-refractivity contribution in [2.24, 2.45) is 0 Å². The molecule has 2 atom stereocenters. The van der Waals surface area contributed by atoms with Crippen molar-refractivity contribution in [1.29, 1.82) is 0 Å². The van der Waals surface area contributed by atoms with Crippen LogP contribution in [0, 0.1) is 0 Å². The van der Waals surface area contributed by atoms with Gasteiger partial charge < -0.3 is 19.8 Å². The first kappa shape index (κ1) is 24.9. The molecule has 1 aliphatic rings. The molecule has 176 valence electrons. The minimum Gasteiger partial charge on any atom is -0.478 e. The number of alkyl halides is 2. The van der Waals surface area contributed by atoms with Gasteiger partial charge in [0.05, 0.1) is 18.2 Å². The number of cyclic esters (lactones) is 1. The van der Waals surface area contributed by atoms with E-state index < -0.39 is 30.1 Å². The van der Waals surface area contributed by atoms with Gasteiger partial charge >= 0.3 is 18.0 Å². The quantitative estimate of drug-likeness (QED) is 0.451. The topological polar surface area (TPSA) is 87.1 Å². The minimum absolute atomic E-state index is 0.166.